The Morgan fingerprint density at radius 1 is 1.25 bits per heavy atom. The Labute approximate surface area is 127 Å². The highest BCUT2D eigenvalue weighted by Gasteiger charge is 2.12. The Kier molecular flexibility index (Phi) is 4.56. The molecule has 0 fully saturated rings. The lowest BCUT2D eigenvalue weighted by Crippen LogP contribution is -2.03. The van der Waals surface area contributed by atoms with Crippen molar-refractivity contribution in [3.05, 3.63) is 27.4 Å². The van der Waals surface area contributed by atoms with Crippen LogP contribution in [0.25, 0.3) is 0 Å². The maximum absolute atomic E-state index is 13.4. The SMILES string of the molecule is CNc1nc(OC)nc(Oc2cc(F)c(Cl)cc2Br)n1. The molecular formula is C11H9BrClFN4O2. The lowest BCUT2D eigenvalue weighted by atomic mass is 10.3. The standard InChI is InChI=1S/C11H9BrClFN4O2/c1-15-9-16-10(19-2)18-11(17-9)20-8-4-7(14)6(13)3-5(8)12/h3-4H,1-2H3,(H,15,16,17,18). The van der Waals surface area contributed by atoms with Crippen molar-refractivity contribution in [1.82, 2.24) is 15.0 Å². The molecule has 0 saturated carbocycles. The maximum Gasteiger partial charge on any atom is 0.330 e. The summed E-state index contributed by atoms with van der Waals surface area (Å²) in [4.78, 5) is 11.8. The van der Waals surface area contributed by atoms with Gasteiger partial charge in [0.05, 0.1) is 16.6 Å². The summed E-state index contributed by atoms with van der Waals surface area (Å²) < 4.78 is 24.2. The van der Waals surface area contributed by atoms with Gasteiger partial charge in [-0.3, -0.25) is 0 Å². The third kappa shape index (κ3) is 3.26. The van der Waals surface area contributed by atoms with Gasteiger partial charge in [-0.2, -0.15) is 9.97 Å². The number of nitrogens with one attached hydrogen (secondary N) is 1. The molecule has 0 aliphatic rings. The van der Waals surface area contributed by atoms with E-state index in [4.69, 9.17) is 21.1 Å². The van der Waals surface area contributed by atoms with Crippen molar-refractivity contribution in [1.29, 1.82) is 0 Å². The van der Waals surface area contributed by atoms with Gasteiger partial charge in [0, 0.05) is 13.1 Å². The quantitative estimate of drug-likeness (QED) is 0.841. The third-order valence-electron chi connectivity index (χ3n) is 2.18. The van der Waals surface area contributed by atoms with Gasteiger partial charge in [0.1, 0.15) is 11.6 Å². The molecule has 0 aliphatic heterocycles. The summed E-state index contributed by atoms with van der Waals surface area (Å²) in [5.41, 5.74) is 0. The maximum atomic E-state index is 13.4. The predicted molar refractivity (Wildman–Crippen MR) is 75.1 cm³/mol. The van der Waals surface area contributed by atoms with E-state index in [1.54, 1.807) is 7.05 Å². The molecule has 0 amide bonds. The van der Waals surface area contributed by atoms with Crippen LogP contribution in [0.3, 0.4) is 0 Å². The van der Waals surface area contributed by atoms with Crippen LogP contribution < -0.4 is 14.8 Å². The van der Waals surface area contributed by atoms with Crippen molar-refractivity contribution in [2.75, 3.05) is 19.5 Å². The first kappa shape index (κ1) is 14.7. The van der Waals surface area contributed by atoms with Crippen LogP contribution in [-0.4, -0.2) is 29.1 Å². The van der Waals surface area contributed by atoms with Crippen LogP contribution in [0.5, 0.6) is 17.8 Å². The summed E-state index contributed by atoms with van der Waals surface area (Å²) in [5, 5.41) is 2.71. The van der Waals surface area contributed by atoms with Crippen LogP contribution in [0.2, 0.25) is 5.02 Å². The van der Waals surface area contributed by atoms with Crippen molar-refractivity contribution in [3.63, 3.8) is 0 Å². The summed E-state index contributed by atoms with van der Waals surface area (Å²) in [5.74, 6) is -0.167. The molecule has 0 radical (unpaired) electrons. The lowest BCUT2D eigenvalue weighted by Gasteiger charge is -2.09. The van der Waals surface area contributed by atoms with Crippen molar-refractivity contribution in [2.24, 2.45) is 0 Å². The molecule has 0 spiro atoms. The van der Waals surface area contributed by atoms with Crippen LogP contribution in [0.4, 0.5) is 10.3 Å². The van der Waals surface area contributed by atoms with E-state index in [0.29, 0.717) is 4.47 Å². The fraction of sp³-hybridized carbons (Fsp3) is 0.182. The van der Waals surface area contributed by atoms with Gasteiger partial charge < -0.3 is 14.8 Å². The molecule has 106 valence electrons. The average Bonchev–Trinajstić information content (AvgIpc) is 2.44. The summed E-state index contributed by atoms with van der Waals surface area (Å²) in [6.45, 7) is 0. The second kappa shape index (κ2) is 6.19. The number of ether oxygens (including phenoxy) is 2. The molecule has 2 rings (SSSR count). The van der Waals surface area contributed by atoms with Gasteiger partial charge >= 0.3 is 12.0 Å². The first-order valence-corrected chi connectivity index (χ1v) is 6.50. The highest BCUT2D eigenvalue weighted by Crippen LogP contribution is 2.33. The topological polar surface area (TPSA) is 69.2 Å². The number of aromatic nitrogens is 3. The zero-order chi connectivity index (χ0) is 14.7. The van der Waals surface area contributed by atoms with E-state index >= 15 is 0 Å². The Morgan fingerprint density at radius 2 is 1.95 bits per heavy atom. The molecule has 1 aromatic carbocycles. The Hall–Kier alpha value is -1.67. The Balaban J connectivity index is 2.36. The monoisotopic (exact) mass is 362 g/mol. The van der Waals surface area contributed by atoms with Gasteiger partial charge in [0.15, 0.2) is 0 Å². The zero-order valence-electron chi connectivity index (χ0n) is 10.4. The first-order valence-electron chi connectivity index (χ1n) is 5.33. The number of methoxy groups -OCH3 is 1. The van der Waals surface area contributed by atoms with Crippen LogP contribution in [0.1, 0.15) is 0 Å². The number of benzene rings is 1. The van der Waals surface area contributed by atoms with E-state index in [-0.39, 0.29) is 28.7 Å². The molecule has 2 aromatic rings. The molecular weight excluding hydrogens is 355 g/mol. The summed E-state index contributed by atoms with van der Waals surface area (Å²) in [7, 11) is 3.05. The van der Waals surface area contributed by atoms with E-state index in [9.17, 15) is 4.39 Å². The smallest absolute Gasteiger partial charge is 0.330 e. The minimum Gasteiger partial charge on any atom is -0.467 e. The molecule has 1 N–H and O–H groups in total. The summed E-state index contributed by atoms with van der Waals surface area (Å²) in [6, 6.07) is 2.54. The summed E-state index contributed by atoms with van der Waals surface area (Å²) in [6.07, 6.45) is 0. The fourth-order valence-electron chi connectivity index (χ4n) is 1.27. The lowest BCUT2D eigenvalue weighted by molar-refractivity contribution is 0.359. The third-order valence-corrected chi connectivity index (χ3v) is 3.09. The molecule has 0 aliphatic carbocycles. The zero-order valence-corrected chi connectivity index (χ0v) is 12.8. The number of hydrogen-bond acceptors (Lipinski definition) is 6. The van der Waals surface area contributed by atoms with Crippen LogP contribution in [0.15, 0.2) is 16.6 Å². The number of rotatable bonds is 4. The summed E-state index contributed by atoms with van der Waals surface area (Å²) >= 11 is 8.87. The number of hydrogen-bond donors (Lipinski definition) is 1. The van der Waals surface area contributed by atoms with Gasteiger partial charge in [-0.15, -0.1) is 4.98 Å². The highest BCUT2D eigenvalue weighted by atomic mass is 79.9. The number of anilines is 1. The molecule has 0 unspecified atom stereocenters. The van der Waals surface area contributed by atoms with Gasteiger partial charge in [0.25, 0.3) is 0 Å². The largest absolute Gasteiger partial charge is 0.467 e. The predicted octanol–water partition coefficient (Wildman–Crippen LogP) is 3.27. The van der Waals surface area contributed by atoms with Crippen LogP contribution >= 0.6 is 27.5 Å². The minimum atomic E-state index is -0.611. The van der Waals surface area contributed by atoms with E-state index in [1.165, 1.54) is 13.2 Å². The molecule has 9 heteroatoms. The van der Waals surface area contributed by atoms with Crippen molar-refractivity contribution >= 4 is 33.5 Å². The molecule has 0 saturated heterocycles. The average molecular weight is 364 g/mol. The Morgan fingerprint density at radius 3 is 2.60 bits per heavy atom. The molecule has 0 bridgehead atoms. The van der Waals surface area contributed by atoms with E-state index in [2.05, 4.69) is 36.2 Å². The normalized spacial score (nSPS) is 10.2. The van der Waals surface area contributed by atoms with E-state index < -0.39 is 5.82 Å². The second-order valence-corrected chi connectivity index (χ2v) is 4.74. The molecule has 0 atom stereocenters. The van der Waals surface area contributed by atoms with Crippen molar-refractivity contribution in [2.45, 2.75) is 0 Å². The molecule has 1 heterocycles. The second-order valence-electron chi connectivity index (χ2n) is 3.48. The van der Waals surface area contributed by atoms with Gasteiger partial charge in [-0.1, -0.05) is 11.6 Å². The highest BCUT2D eigenvalue weighted by molar-refractivity contribution is 9.10. The number of nitrogens with zero attached hydrogens (tertiary/aromatic N) is 3. The molecule has 1 aromatic heterocycles. The van der Waals surface area contributed by atoms with E-state index in [0.717, 1.165) is 6.07 Å². The van der Waals surface area contributed by atoms with Crippen molar-refractivity contribution in [3.8, 4) is 17.8 Å². The van der Waals surface area contributed by atoms with Gasteiger partial charge in [-0.05, 0) is 22.0 Å². The minimum absolute atomic E-state index is 0.0200. The van der Waals surface area contributed by atoms with Crippen molar-refractivity contribution < 1.29 is 13.9 Å². The van der Waals surface area contributed by atoms with Crippen LogP contribution in [-0.2, 0) is 0 Å². The van der Waals surface area contributed by atoms with E-state index in [1.807, 2.05) is 0 Å². The number of halogens is 3. The molecule has 20 heavy (non-hydrogen) atoms. The Bertz CT molecular complexity index is 622. The fourth-order valence-corrected chi connectivity index (χ4v) is 1.99. The van der Waals surface area contributed by atoms with Gasteiger partial charge in [-0.25, -0.2) is 4.39 Å². The van der Waals surface area contributed by atoms with Gasteiger partial charge in [0.2, 0.25) is 5.95 Å². The van der Waals surface area contributed by atoms with Crippen LogP contribution in [0, 0.1) is 5.82 Å². The molecule has 6 nitrogen and oxygen atoms in total. The first-order chi connectivity index (χ1) is 9.53.